The molecule has 1 aromatic carbocycles. The predicted molar refractivity (Wildman–Crippen MR) is 79.9 cm³/mol. The minimum absolute atomic E-state index is 0.0519. The molecule has 3 nitrogen and oxygen atoms in total. The highest BCUT2D eigenvalue weighted by molar-refractivity contribution is 5.42. The highest BCUT2D eigenvalue weighted by atomic mass is 16.5. The lowest BCUT2D eigenvalue weighted by atomic mass is 9.85. The van der Waals surface area contributed by atoms with Gasteiger partial charge in [-0.15, -0.1) is 0 Å². The number of rotatable bonds is 1. The largest absolute Gasteiger partial charge is 0.485 e. The summed E-state index contributed by atoms with van der Waals surface area (Å²) in [6.45, 7) is 5.51. The predicted octanol–water partition coefficient (Wildman–Crippen LogP) is 2.77. The lowest BCUT2D eigenvalue weighted by Crippen LogP contribution is -2.45. The molecule has 2 fully saturated rings. The Morgan fingerprint density at radius 3 is 2.85 bits per heavy atom. The van der Waals surface area contributed by atoms with Crippen molar-refractivity contribution in [2.24, 2.45) is 5.73 Å². The summed E-state index contributed by atoms with van der Waals surface area (Å²) in [7, 11) is 0. The SMILES string of the molecule is Cc1ccc2c(c1)[C@@H](N)CC1(CC(C)N(C3CC3)C1)O2. The van der Waals surface area contributed by atoms with E-state index in [1.165, 1.54) is 24.0 Å². The third-order valence-electron chi connectivity index (χ3n) is 5.20. The topological polar surface area (TPSA) is 38.5 Å². The van der Waals surface area contributed by atoms with E-state index in [1.807, 2.05) is 0 Å². The van der Waals surface area contributed by atoms with E-state index in [4.69, 9.17) is 10.5 Å². The molecule has 2 N–H and O–H groups in total. The molecule has 0 bridgehead atoms. The van der Waals surface area contributed by atoms with Crippen LogP contribution in [0.3, 0.4) is 0 Å². The summed E-state index contributed by atoms with van der Waals surface area (Å²) in [5.74, 6) is 1.01. The molecule has 3 aliphatic rings. The maximum atomic E-state index is 6.46. The van der Waals surface area contributed by atoms with Crippen LogP contribution in [0.15, 0.2) is 18.2 Å². The van der Waals surface area contributed by atoms with Crippen LogP contribution in [0.4, 0.5) is 0 Å². The molecule has 108 valence electrons. The molecule has 0 radical (unpaired) electrons. The summed E-state index contributed by atoms with van der Waals surface area (Å²) in [5.41, 5.74) is 8.85. The van der Waals surface area contributed by atoms with E-state index in [-0.39, 0.29) is 11.6 Å². The average molecular weight is 272 g/mol. The molecule has 0 aromatic heterocycles. The highest BCUT2D eigenvalue weighted by Gasteiger charge is 2.51. The van der Waals surface area contributed by atoms with Gasteiger partial charge >= 0.3 is 0 Å². The zero-order valence-corrected chi connectivity index (χ0v) is 12.4. The van der Waals surface area contributed by atoms with E-state index in [0.29, 0.717) is 6.04 Å². The fraction of sp³-hybridized carbons (Fsp3) is 0.647. The van der Waals surface area contributed by atoms with Crippen LogP contribution in [-0.2, 0) is 0 Å². The maximum absolute atomic E-state index is 6.46. The number of nitrogens with two attached hydrogens (primary N) is 1. The van der Waals surface area contributed by atoms with Crippen LogP contribution < -0.4 is 10.5 Å². The van der Waals surface area contributed by atoms with Crippen molar-refractivity contribution >= 4 is 0 Å². The molecule has 1 saturated carbocycles. The number of hydrogen-bond donors (Lipinski definition) is 1. The van der Waals surface area contributed by atoms with Crippen molar-refractivity contribution < 1.29 is 4.74 Å². The van der Waals surface area contributed by atoms with Crippen molar-refractivity contribution in [3.63, 3.8) is 0 Å². The number of benzene rings is 1. The summed E-state index contributed by atoms with van der Waals surface area (Å²) < 4.78 is 6.46. The fourth-order valence-electron chi connectivity index (χ4n) is 4.16. The molecule has 1 aliphatic carbocycles. The molecular formula is C17H24N2O. The first-order chi connectivity index (χ1) is 9.56. The van der Waals surface area contributed by atoms with Crippen LogP contribution in [0.25, 0.3) is 0 Å². The Balaban J connectivity index is 1.64. The molecule has 2 aliphatic heterocycles. The zero-order chi connectivity index (χ0) is 13.9. The molecule has 3 heteroatoms. The Bertz CT molecular complexity index is 540. The summed E-state index contributed by atoms with van der Waals surface area (Å²) in [6, 6.07) is 7.97. The molecule has 4 rings (SSSR count). The fourth-order valence-corrected chi connectivity index (χ4v) is 4.16. The quantitative estimate of drug-likeness (QED) is 0.854. The van der Waals surface area contributed by atoms with E-state index in [2.05, 4.69) is 36.9 Å². The maximum Gasteiger partial charge on any atom is 0.125 e. The second-order valence-electron chi connectivity index (χ2n) is 7.09. The van der Waals surface area contributed by atoms with Gasteiger partial charge in [0.2, 0.25) is 0 Å². The van der Waals surface area contributed by atoms with Gasteiger partial charge in [0.15, 0.2) is 0 Å². The summed E-state index contributed by atoms with van der Waals surface area (Å²) in [4.78, 5) is 2.64. The molecule has 20 heavy (non-hydrogen) atoms. The number of ether oxygens (including phenoxy) is 1. The number of nitrogens with zero attached hydrogens (tertiary/aromatic N) is 1. The number of hydrogen-bond acceptors (Lipinski definition) is 3. The van der Waals surface area contributed by atoms with Crippen LogP contribution in [-0.4, -0.2) is 29.1 Å². The normalized spacial score (nSPS) is 37.0. The van der Waals surface area contributed by atoms with Crippen molar-refractivity contribution in [3.05, 3.63) is 29.3 Å². The molecular weight excluding hydrogens is 248 g/mol. The third kappa shape index (κ3) is 1.95. The van der Waals surface area contributed by atoms with Crippen molar-refractivity contribution in [2.75, 3.05) is 6.54 Å². The first kappa shape index (κ1) is 12.7. The van der Waals surface area contributed by atoms with Crippen molar-refractivity contribution in [1.82, 2.24) is 4.90 Å². The summed E-state index contributed by atoms with van der Waals surface area (Å²) in [5, 5.41) is 0. The van der Waals surface area contributed by atoms with Gasteiger partial charge in [0.05, 0.1) is 0 Å². The van der Waals surface area contributed by atoms with Gasteiger partial charge in [0.25, 0.3) is 0 Å². The van der Waals surface area contributed by atoms with Crippen LogP contribution in [0.2, 0.25) is 0 Å². The molecule has 2 heterocycles. The highest BCUT2D eigenvalue weighted by Crippen LogP contribution is 2.47. The van der Waals surface area contributed by atoms with Gasteiger partial charge in [-0.05, 0) is 32.8 Å². The van der Waals surface area contributed by atoms with Gasteiger partial charge < -0.3 is 10.5 Å². The van der Waals surface area contributed by atoms with E-state index in [0.717, 1.165) is 31.2 Å². The average Bonchev–Trinajstić information content (AvgIpc) is 3.17. The smallest absolute Gasteiger partial charge is 0.125 e. The Labute approximate surface area is 121 Å². The van der Waals surface area contributed by atoms with E-state index >= 15 is 0 Å². The lowest BCUT2D eigenvalue weighted by molar-refractivity contribution is 0.0433. The first-order valence-corrected chi connectivity index (χ1v) is 7.87. The summed E-state index contributed by atoms with van der Waals surface area (Å²) in [6.07, 6.45) is 4.80. The van der Waals surface area contributed by atoms with Gasteiger partial charge in [0, 0.05) is 43.1 Å². The van der Waals surface area contributed by atoms with Gasteiger partial charge in [-0.25, -0.2) is 0 Å². The third-order valence-corrected chi connectivity index (χ3v) is 5.20. The molecule has 2 unspecified atom stereocenters. The molecule has 1 spiro atoms. The van der Waals surface area contributed by atoms with Crippen molar-refractivity contribution in [1.29, 1.82) is 0 Å². The van der Waals surface area contributed by atoms with E-state index in [1.54, 1.807) is 0 Å². The number of fused-ring (bicyclic) bond motifs is 1. The minimum Gasteiger partial charge on any atom is -0.485 e. The van der Waals surface area contributed by atoms with Gasteiger partial charge in [-0.1, -0.05) is 17.7 Å². The van der Waals surface area contributed by atoms with Crippen molar-refractivity contribution in [2.45, 2.75) is 63.3 Å². The second kappa shape index (κ2) is 4.22. The number of likely N-dealkylation sites (tertiary alicyclic amines) is 1. The van der Waals surface area contributed by atoms with Crippen molar-refractivity contribution in [3.8, 4) is 5.75 Å². The van der Waals surface area contributed by atoms with Crippen LogP contribution in [0, 0.1) is 6.92 Å². The summed E-state index contributed by atoms with van der Waals surface area (Å²) >= 11 is 0. The Hall–Kier alpha value is -1.06. The molecule has 0 amide bonds. The van der Waals surface area contributed by atoms with Crippen LogP contribution in [0.1, 0.15) is 49.8 Å². The Morgan fingerprint density at radius 1 is 1.30 bits per heavy atom. The van der Waals surface area contributed by atoms with Gasteiger partial charge in [0.1, 0.15) is 11.4 Å². The lowest BCUT2D eigenvalue weighted by Gasteiger charge is -2.39. The molecule has 3 atom stereocenters. The minimum atomic E-state index is -0.0519. The monoisotopic (exact) mass is 272 g/mol. The van der Waals surface area contributed by atoms with Crippen LogP contribution in [0.5, 0.6) is 5.75 Å². The van der Waals surface area contributed by atoms with E-state index < -0.39 is 0 Å². The first-order valence-electron chi connectivity index (χ1n) is 7.87. The van der Waals surface area contributed by atoms with Gasteiger partial charge in [-0.2, -0.15) is 0 Å². The van der Waals surface area contributed by atoms with Gasteiger partial charge in [-0.3, -0.25) is 4.90 Å². The second-order valence-corrected chi connectivity index (χ2v) is 7.09. The Kier molecular flexibility index (Phi) is 2.67. The standard InChI is InChI=1S/C17H24N2O/c1-11-3-6-16-14(7-11)15(18)9-17(20-16)8-12(2)19(10-17)13-4-5-13/h3,6-7,12-13,15H,4-5,8-10,18H2,1-2H3/t12?,15-,17?/m0/s1. The Morgan fingerprint density at radius 2 is 2.10 bits per heavy atom. The molecule has 1 saturated heterocycles. The van der Waals surface area contributed by atoms with Crippen LogP contribution >= 0.6 is 0 Å². The zero-order valence-electron chi connectivity index (χ0n) is 12.4. The van der Waals surface area contributed by atoms with E-state index in [9.17, 15) is 0 Å². The molecule has 1 aromatic rings. The number of aryl methyl sites for hydroxylation is 1.